The lowest BCUT2D eigenvalue weighted by Gasteiger charge is -2.31. The molecule has 0 aromatic heterocycles. The van der Waals surface area contributed by atoms with Crippen LogP contribution in [-0.2, 0) is 15.4 Å². The summed E-state index contributed by atoms with van der Waals surface area (Å²) < 4.78 is 26.5. The van der Waals surface area contributed by atoms with Crippen molar-refractivity contribution >= 4 is 26.0 Å². The van der Waals surface area contributed by atoms with Crippen molar-refractivity contribution in [2.75, 3.05) is 0 Å². The molecule has 2 rings (SSSR count). The van der Waals surface area contributed by atoms with E-state index in [1.807, 2.05) is 0 Å². The zero-order valence-corrected chi connectivity index (χ0v) is 11.5. The summed E-state index contributed by atoms with van der Waals surface area (Å²) in [4.78, 5) is 0.267. The van der Waals surface area contributed by atoms with Gasteiger partial charge in [-0.1, -0.05) is 28.1 Å². The van der Waals surface area contributed by atoms with Crippen LogP contribution in [0.25, 0.3) is 0 Å². The maximum Gasteiger partial charge on any atom is 0.240 e. The molecule has 0 amide bonds. The fraction of sp³-hybridized carbons (Fsp3) is 0.455. The number of benzene rings is 1. The number of rotatable bonds is 4. The lowest BCUT2D eigenvalue weighted by Crippen LogP contribution is -2.46. The Kier molecular flexibility index (Phi) is 3.87. The number of aliphatic hydroxyl groups excluding tert-OH is 1. The third-order valence-electron chi connectivity index (χ3n) is 2.82. The smallest absolute Gasteiger partial charge is 0.240 e. The van der Waals surface area contributed by atoms with E-state index in [1.165, 1.54) is 0 Å². The Bertz CT molecular complexity index is 480. The average Bonchev–Trinajstić information content (AvgIpc) is 2.27. The molecule has 94 valence electrons. The molecule has 1 aliphatic rings. The molecule has 0 unspecified atom stereocenters. The van der Waals surface area contributed by atoms with Crippen molar-refractivity contribution in [3.63, 3.8) is 0 Å². The number of hydrogen-bond acceptors (Lipinski definition) is 3. The van der Waals surface area contributed by atoms with Crippen LogP contribution in [0.2, 0.25) is 0 Å². The molecule has 0 spiro atoms. The van der Waals surface area contributed by atoms with Crippen LogP contribution in [0, 0.1) is 0 Å². The molecule has 2 N–H and O–H groups in total. The van der Waals surface area contributed by atoms with E-state index in [2.05, 4.69) is 20.7 Å². The van der Waals surface area contributed by atoms with Gasteiger partial charge in [0.25, 0.3) is 0 Å². The maximum atomic E-state index is 11.9. The minimum atomic E-state index is -3.45. The molecule has 0 radical (unpaired) electrons. The number of hydrogen-bond donors (Lipinski definition) is 2. The quantitative estimate of drug-likeness (QED) is 0.824. The molecule has 1 fully saturated rings. The van der Waals surface area contributed by atoms with Crippen LogP contribution < -0.4 is 4.72 Å². The summed E-state index contributed by atoms with van der Waals surface area (Å²) in [6, 6.07) is 6.60. The summed E-state index contributed by atoms with van der Waals surface area (Å²) in [6.45, 7) is 0. The minimum Gasteiger partial charge on any atom is -0.393 e. The normalized spacial score (nSPS) is 24.4. The number of sulfonamides is 1. The molecule has 0 aliphatic heterocycles. The molecule has 0 bridgehead atoms. The van der Waals surface area contributed by atoms with Gasteiger partial charge in [0.15, 0.2) is 0 Å². The lowest BCUT2D eigenvalue weighted by molar-refractivity contribution is 0.0712. The second-order valence-corrected chi connectivity index (χ2v) is 6.50. The first-order valence-corrected chi connectivity index (χ1v) is 7.97. The fourth-order valence-electron chi connectivity index (χ4n) is 1.73. The molecule has 1 aromatic rings. The van der Waals surface area contributed by atoms with Crippen LogP contribution >= 0.6 is 15.9 Å². The van der Waals surface area contributed by atoms with Gasteiger partial charge in [-0.15, -0.1) is 0 Å². The standard InChI is InChI=1S/C11H14BrNO3S/c12-7-8-1-3-11(4-2-8)17(15,16)13-9-5-10(14)6-9/h1-4,9-10,13-14H,5-7H2. The first kappa shape index (κ1) is 13.0. The van der Waals surface area contributed by atoms with E-state index < -0.39 is 10.0 Å². The third-order valence-corrected chi connectivity index (χ3v) is 5.01. The molecular weight excluding hydrogens is 306 g/mol. The van der Waals surface area contributed by atoms with Gasteiger partial charge in [0.2, 0.25) is 10.0 Å². The minimum absolute atomic E-state index is 0.133. The monoisotopic (exact) mass is 319 g/mol. The maximum absolute atomic E-state index is 11.9. The molecule has 1 aromatic carbocycles. The van der Waals surface area contributed by atoms with Crippen molar-refractivity contribution in [3.05, 3.63) is 29.8 Å². The van der Waals surface area contributed by atoms with Crippen molar-refractivity contribution in [3.8, 4) is 0 Å². The van der Waals surface area contributed by atoms with Crippen molar-refractivity contribution in [1.29, 1.82) is 0 Å². The predicted octanol–water partition coefficient (Wildman–Crippen LogP) is 1.38. The number of alkyl halides is 1. The van der Waals surface area contributed by atoms with E-state index in [9.17, 15) is 8.42 Å². The highest BCUT2D eigenvalue weighted by Crippen LogP contribution is 2.22. The summed E-state index contributed by atoms with van der Waals surface area (Å²) in [6.07, 6.45) is 0.635. The van der Waals surface area contributed by atoms with Gasteiger partial charge < -0.3 is 5.11 Å². The van der Waals surface area contributed by atoms with Gasteiger partial charge in [-0.05, 0) is 30.5 Å². The lowest BCUT2D eigenvalue weighted by atomic mass is 9.91. The van der Waals surface area contributed by atoms with Crippen LogP contribution in [0.15, 0.2) is 29.2 Å². The molecule has 0 saturated heterocycles. The van der Waals surface area contributed by atoms with E-state index in [0.29, 0.717) is 18.2 Å². The molecular formula is C11H14BrNO3S. The summed E-state index contributed by atoms with van der Waals surface area (Å²) >= 11 is 3.31. The van der Waals surface area contributed by atoms with Crippen LogP contribution in [0.1, 0.15) is 18.4 Å². The Morgan fingerprint density at radius 3 is 2.35 bits per heavy atom. The van der Waals surface area contributed by atoms with E-state index in [0.717, 1.165) is 5.56 Å². The number of nitrogens with one attached hydrogen (secondary N) is 1. The molecule has 1 aliphatic carbocycles. The summed E-state index contributed by atoms with van der Waals surface area (Å²) in [5.41, 5.74) is 1.03. The number of halogens is 1. The predicted molar refractivity (Wildman–Crippen MR) is 68.4 cm³/mol. The van der Waals surface area contributed by atoms with Gasteiger partial charge >= 0.3 is 0 Å². The highest BCUT2D eigenvalue weighted by atomic mass is 79.9. The summed E-state index contributed by atoms with van der Waals surface area (Å²) in [5.74, 6) is 0. The topological polar surface area (TPSA) is 66.4 Å². The first-order chi connectivity index (χ1) is 8.01. The van der Waals surface area contributed by atoms with Crippen molar-refractivity contribution in [2.45, 2.75) is 35.2 Å². The highest BCUT2D eigenvalue weighted by Gasteiger charge is 2.31. The van der Waals surface area contributed by atoms with Crippen LogP contribution in [-0.4, -0.2) is 25.7 Å². The van der Waals surface area contributed by atoms with Crippen LogP contribution in [0.5, 0.6) is 0 Å². The van der Waals surface area contributed by atoms with Gasteiger partial charge in [-0.25, -0.2) is 13.1 Å². The largest absolute Gasteiger partial charge is 0.393 e. The first-order valence-electron chi connectivity index (χ1n) is 5.36. The summed E-state index contributed by atoms with van der Waals surface area (Å²) in [5, 5.41) is 9.82. The SMILES string of the molecule is O=S(=O)(NC1CC(O)C1)c1ccc(CBr)cc1. The van der Waals surface area contributed by atoms with E-state index >= 15 is 0 Å². The van der Waals surface area contributed by atoms with Gasteiger partial charge in [0, 0.05) is 11.4 Å². The highest BCUT2D eigenvalue weighted by molar-refractivity contribution is 9.08. The van der Waals surface area contributed by atoms with E-state index in [-0.39, 0.29) is 17.0 Å². The fourth-order valence-corrected chi connectivity index (χ4v) is 3.36. The van der Waals surface area contributed by atoms with Crippen LogP contribution in [0.3, 0.4) is 0 Å². The van der Waals surface area contributed by atoms with Gasteiger partial charge in [-0.3, -0.25) is 0 Å². The van der Waals surface area contributed by atoms with Crippen LogP contribution in [0.4, 0.5) is 0 Å². The van der Waals surface area contributed by atoms with Crippen molar-refractivity contribution in [1.82, 2.24) is 4.72 Å². The van der Waals surface area contributed by atoms with Gasteiger partial charge in [0.05, 0.1) is 11.0 Å². The zero-order chi connectivity index (χ0) is 12.5. The molecule has 4 nitrogen and oxygen atoms in total. The second kappa shape index (κ2) is 5.06. The third kappa shape index (κ3) is 3.07. The summed E-state index contributed by atoms with van der Waals surface area (Å²) in [7, 11) is -3.45. The Labute approximate surface area is 109 Å². The van der Waals surface area contributed by atoms with Gasteiger partial charge in [-0.2, -0.15) is 0 Å². The van der Waals surface area contributed by atoms with Gasteiger partial charge in [0.1, 0.15) is 0 Å². The molecule has 0 heterocycles. The van der Waals surface area contributed by atoms with Crippen molar-refractivity contribution in [2.24, 2.45) is 0 Å². The Hall–Kier alpha value is -0.430. The van der Waals surface area contributed by atoms with E-state index in [4.69, 9.17) is 5.11 Å². The zero-order valence-electron chi connectivity index (χ0n) is 9.14. The average molecular weight is 320 g/mol. The molecule has 0 atom stereocenters. The number of aliphatic hydroxyl groups is 1. The molecule has 1 saturated carbocycles. The second-order valence-electron chi connectivity index (χ2n) is 4.22. The molecule has 6 heteroatoms. The Morgan fingerprint density at radius 1 is 1.29 bits per heavy atom. The van der Waals surface area contributed by atoms with E-state index in [1.54, 1.807) is 24.3 Å². The Morgan fingerprint density at radius 2 is 1.88 bits per heavy atom. The van der Waals surface area contributed by atoms with Crippen molar-refractivity contribution < 1.29 is 13.5 Å². The molecule has 17 heavy (non-hydrogen) atoms. The Balaban J connectivity index is 2.08.